The van der Waals surface area contributed by atoms with Crippen molar-refractivity contribution in [3.8, 4) is 6.07 Å². The van der Waals surface area contributed by atoms with Crippen LogP contribution in [0.4, 0.5) is 5.82 Å². The molecule has 4 rings (SSSR count). The first-order chi connectivity index (χ1) is 15.6. The number of rotatable bonds is 3. The van der Waals surface area contributed by atoms with E-state index < -0.39 is 15.9 Å². The van der Waals surface area contributed by atoms with E-state index in [1.54, 1.807) is 20.0 Å². The van der Waals surface area contributed by atoms with Gasteiger partial charge in [0.15, 0.2) is 9.84 Å². The third-order valence-electron chi connectivity index (χ3n) is 6.55. The van der Waals surface area contributed by atoms with Crippen LogP contribution in [0.5, 0.6) is 0 Å². The van der Waals surface area contributed by atoms with Crippen molar-refractivity contribution in [2.24, 2.45) is 7.05 Å². The molecule has 3 aliphatic heterocycles. The van der Waals surface area contributed by atoms with Crippen LogP contribution >= 0.6 is 24.0 Å². The van der Waals surface area contributed by atoms with Crippen molar-refractivity contribution >= 4 is 55.9 Å². The van der Waals surface area contributed by atoms with Crippen LogP contribution in [0.2, 0.25) is 0 Å². The van der Waals surface area contributed by atoms with E-state index in [1.165, 1.54) is 9.47 Å². The largest absolute Gasteiger partial charge is 0.357 e. The Bertz CT molecular complexity index is 1250. The molecular weight excluding hydrogens is 480 g/mol. The second-order valence-corrected chi connectivity index (χ2v) is 12.6. The third kappa shape index (κ3) is 4.48. The molecule has 3 fully saturated rings. The van der Waals surface area contributed by atoms with Gasteiger partial charge in [0.05, 0.1) is 22.5 Å². The maximum absolute atomic E-state index is 13.3. The molecule has 33 heavy (non-hydrogen) atoms. The number of thioether (sulfide) groups is 1. The van der Waals surface area contributed by atoms with Crippen LogP contribution in [0.25, 0.3) is 6.08 Å². The first kappa shape index (κ1) is 24.0. The summed E-state index contributed by atoms with van der Waals surface area (Å²) in [6, 6.07) is 1.57. The summed E-state index contributed by atoms with van der Waals surface area (Å²) < 4.78 is 25.7. The maximum atomic E-state index is 13.3. The van der Waals surface area contributed by atoms with Crippen LogP contribution in [0.1, 0.15) is 48.8 Å². The van der Waals surface area contributed by atoms with Crippen molar-refractivity contribution in [1.29, 1.82) is 5.26 Å². The van der Waals surface area contributed by atoms with Crippen LogP contribution in [0.3, 0.4) is 0 Å². The molecule has 0 radical (unpaired) electrons. The lowest BCUT2D eigenvalue weighted by molar-refractivity contribution is -0.123. The fourth-order valence-corrected chi connectivity index (χ4v) is 7.86. The topological polar surface area (TPSA) is 103 Å². The van der Waals surface area contributed by atoms with Crippen LogP contribution in [0.15, 0.2) is 9.70 Å². The lowest BCUT2D eigenvalue weighted by Crippen LogP contribution is -2.39. The molecule has 1 amide bonds. The Hall–Kier alpha value is -2.16. The number of sulfone groups is 1. The number of hydrogen-bond acceptors (Lipinski definition) is 8. The first-order valence-electron chi connectivity index (χ1n) is 11.0. The molecule has 1 unspecified atom stereocenters. The summed E-state index contributed by atoms with van der Waals surface area (Å²) in [5, 5.41) is 9.63. The Morgan fingerprint density at radius 2 is 1.85 bits per heavy atom. The molecule has 8 nitrogen and oxygen atoms in total. The molecule has 1 aromatic heterocycles. The maximum Gasteiger partial charge on any atom is 0.270 e. The van der Waals surface area contributed by atoms with E-state index in [2.05, 4.69) is 4.90 Å². The Balaban J connectivity index is 1.81. The Morgan fingerprint density at radius 1 is 1.18 bits per heavy atom. The zero-order valence-corrected chi connectivity index (χ0v) is 21.1. The van der Waals surface area contributed by atoms with Gasteiger partial charge in [-0.15, -0.1) is 0 Å². The molecular formula is C22H26N4O4S3. The fraction of sp³-hybridized carbons (Fsp3) is 0.545. The third-order valence-corrected chi connectivity index (χ3v) is 9.63. The number of carbonyl (C=O) groups excluding carboxylic acids is 1. The molecule has 4 heterocycles. The summed E-state index contributed by atoms with van der Waals surface area (Å²) >= 11 is 6.58. The van der Waals surface area contributed by atoms with E-state index in [1.807, 2.05) is 6.07 Å². The number of amides is 1. The highest BCUT2D eigenvalue weighted by Crippen LogP contribution is 2.38. The van der Waals surface area contributed by atoms with Gasteiger partial charge in [0.1, 0.15) is 21.8 Å². The molecule has 3 saturated heterocycles. The predicted octanol–water partition coefficient (Wildman–Crippen LogP) is 2.33. The Morgan fingerprint density at radius 3 is 2.42 bits per heavy atom. The summed E-state index contributed by atoms with van der Waals surface area (Å²) in [7, 11) is -1.51. The molecule has 0 aliphatic carbocycles. The standard InChI is InChI=1S/C22H26N4O4S3/c1-14-16(11-18-21(28)26(22(31)32-18)15-7-10-33(29,30)13-15)19(24(2)20(27)17(14)12-23)25-8-5-3-4-6-9-25/h11,15H,3-10,13H2,1-2H3/b18-11+. The zero-order chi connectivity index (χ0) is 23.9. The number of nitrogens with zero attached hydrogens (tertiary/aromatic N) is 4. The average molecular weight is 507 g/mol. The van der Waals surface area contributed by atoms with Gasteiger partial charge in [0, 0.05) is 25.7 Å². The Labute approximate surface area is 203 Å². The molecule has 0 saturated carbocycles. The van der Waals surface area contributed by atoms with E-state index in [4.69, 9.17) is 12.2 Å². The molecule has 0 bridgehead atoms. The van der Waals surface area contributed by atoms with Crippen LogP contribution < -0.4 is 10.5 Å². The van der Waals surface area contributed by atoms with Gasteiger partial charge >= 0.3 is 0 Å². The summed E-state index contributed by atoms with van der Waals surface area (Å²) in [6.45, 7) is 3.32. The van der Waals surface area contributed by atoms with Gasteiger partial charge < -0.3 is 4.90 Å². The minimum atomic E-state index is -3.17. The van der Waals surface area contributed by atoms with Gasteiger partial charge in [0.25, 0.3) is 11.5 Å². The lowest BCUT2D eigenvalue weighted by atomic mass is 10.0. The number of thiocarbonyl (C=S) groups is 1. The van der Waals surface area contributed by atoms with Crippen molar-refractivity contribution in [3.05, 3.63) is 31.9 Å². The van der Waals surface area contributed by atoms with Gasteiger partial charge in [-0.05, 0) is 37.8 Å². The fourth-order valence-electron chi connectivity index (χ4n) is 4.78. The number of pyridine rings is 1. The highest BCUT2D eigenvalue weighted by Gasteiger charge is 2.42. The summed E-state index contributed by atoms with van der Waals surface area (Å²) in [6.07, 6.45) is 6.35. The molecule has 1 atom stereocenters. The number of nitriles is 1. The quantitative estimate of drug-likeness (QED) is 0.455. The summed E-state index contributed by atoms with van der Waals surface area (Å²) in [4.78, 5) is 30.2. The van der Waals surface area contributed by atoms with Gasteiger partial charge in [-0.3, -0.25) is 19.1 Å². The molecule has 1 aromatic rings. The minimum absolute atomic E-state index is 0.0539. The van der Waals surface area contributed by atoms with E-state index >= 15 is 0 Å². The highest BCUT2D eigenvalue weighted by molar-refractivity contribution is 8.26. The van der Waals surface area contributed by atoms with Gasteiger partial charge in [-0.1, -0.05) is 36.8 Å². The average Bonchev–Trinajstić information content (AvgIpc) is 3.11. The molecule has 3 aliphatic rings. The van der Waals surface area contributed by atoms with Crippen molar-refractivity contribution in [2.45, 2.75) is 45.1 Å². The lowest BCUT2D eigenvalue weighted by Gasteiger charge is -2.28. The summed E-state index contributed by atoms with van der Waals surface area (Å²) in [5.41, 5.74) is 0.901. The normalized spacial score (nSPS) is 24.4. The van der Waals surface area contributed by atoms with Crippen molar-refractivity contribution < 1.29 is 13.2 Å². The van der Waals surface area contributed by atoms with Gasteiger partial charge in [-0.2, -0.15) is 5.26 Å². The van der Waals surface area contributed by atoms with Crippen molar-refractivity contribution in [2.75, 3.05) is 29.5 Å². The minimum Gasteiger partial charge on any atom is -0.357 e. The monoisotopic (exact) mass is 506 g/mol. The van der Waals surface area contributed by atoms with Crippen LogP contribution in [0, 0.1) is 18.3 Å². The molecule has 176 valence electrons. The highest BCUT2D eigenvalue weighted by atomic mass is 32.2. The van der Waals surface area contributed by atoms with Crippen molar-refractivity contribution in [3.63, 3.8) is 0 Å². The number of carbonyl (C=O) groups is 1. The predicted molar refractivity (Wildman–Crippen MR) is 134 cm³/mol. The van der Waals surface area contributed by atoms with E-state index in [-0.39, 0.29) is 28.5 Å². The summed E-state index contributed by atoms with van der Waals surface area (Å²) in [5.74, 6) is 0.356. The van der Waals surface area contributed by atoms with Gasteiger partial charge in [-0.25, -0.2) is 8.42 Å². The molecule has 0 aromatic carbocycles. The molecule has 11 heteroatoms. The van der Waals surface area contributed by atoms with Crippen LogP contribution in [-0.2, 0) is 21.7 Å². The SMILES string of the molecule is Cc1c(/C=C2/SC(=S)N(C3CCS(=O)(=O)C3)C2=O)c(N2CCCCCC2)n(C)c(=O)c1C#N. The smallest absolute Gasteiger partial charge is 0.270 e. The zero-order valence-electron chi connectivity index (χ0n) is 18.7. The first-order valence-corrected chi connectivity index (χ1v) is 14.1. The van der Waals surface area contributed by atoms with E-state index in [9.17, 15) is 23.3 Å². The number of anilines is 1. The van der Waals surface area contributed by atoms with E-state index in [0.29, 0.717) is 32.6 Å². The van der Waals surface area contributed by atoms with Gasteiger partial charge in [0.2, 0.25) is 0 Å². The second-order valence-electron chi connectivity index (χ2n) is 8.72. The molecule has 0 spiro atoms. The molecule has 0 N–H and O–H groups in total. The van der Waals surface area contributed by atoms with Crippen molar-refractivity contribution in [1.82, 2.24) is 9.47 Å². The van der Waals surface area contributed by atoms with E-state index in [0.717, 1.165) is 50.5 Å². The second kappa shape index (κ2) is 9.24. The number of aromatic nitrogens is 1. The Kier molecular flexibility index (Phi) is 6.71. The number of hydrogen-bond donors (Lipinski definition) is 0. The van der Waals surface area contributed by atoms with Crippen LogP contribution in [-0.4, -0.2) is 58.7 Å².